The van der Waals surface area contributed by atoms with Crippen LogP contribution in [-0.2, 0) is 16.6 Å². The SMILES string of the molecule is COC(=O)C1CCC(NC(=O)c2cc(C)nn2C)CC1. The smallest absolute Gasteiger partial charge is 0.308 e. The maximum atomic E-state index is 12.2. The average Bonchev–Trinajstić information content (AvgIpc) is 2.78. The molecule has 1 amide bonds. The van der Waals surface area contributed by atoms with Crippen LogP contribution in [-0.4, -0.2) is 34.8 Å². The van der Waals surface area contributed by atoms with E-state index in [0.717, 1.165) is 31.4 Å². The van der Waals surface area contributed by atoms with E-state index >= 15 is 0 Å². The first-order valence-electron chi connectivity index (χ1n) is 6.90. The molecule has 110 valence electrons. The van der Waals surface area contributed by atoms with Crippen molar-refractivity contribution < 1.29 is 14.3 Å². The summed E-state index contributed by atoms with van der Waals surface area (Å²) < 4.78 is 6.34. The van der Waals surface area contributed by atoms with Gasteiger partial charge in [-0.2, -0.15) is 5.10 Å². The van der Waals surface area contributed by atoms with Crippen molar-refractivity contribution in [3.05, 3.63) is 17.5 Å². The molecule has 1 fully saturated rings. The van der Waals surface area contributed by atoms with E-state index in [1.807, 2.05) is 6.92 Å². The lowest BCUT2D eigenvalue weighted by atomic mass is 9.86. The predicted molar refractivity (Wildman–Crippen MR) is 73.2 cm³/mol. The second kappa shape index (κ2) is 6.07. The number of methoxy groups -OCH3 is 1. The number of nitrogens with one attached hydrogen (secondary N) is 1. The van der Waals surface area contributed by atoms with Gasteiger partial charge in [-0.3, -0.25) is 14.3 Å². The van der Waals surface area contributed by atoms with Crippen LogP contribution >= 0.6 is 0 Å². The summed E-state index contributed by atoms with van der Waals surface area (Å²) in [7, 11) is 3.18. The summed E-state index contributed by atoms with van der Waals surface area (Å²) in [5.41, 5.74) is 1.39. The number of hydrogen-bond acceptors (Lipinski definition) is 4. The zero-order valence-electron chi connectivity index (χ0n) is 12.2. The Hall–Kier alpha value is -1.85. The van der Waals surface area contributed by atoms with E-state index in [-0.39, 0.29) is 23.8 Å². The molecule has 0 bridgehead atoms. The normalized spacial score (nSPS) is 22.4. The summed E-state index contributed by atoms with van der Waals surface area (Å²) in [5, 5.41) is 7.18. The van der Waals surface area contributed by atoms with Gasteiger partial charge in [-0.1, -0.05) is 0 Å². The fourth-order valence-corrected chi connectivity index (χ4v) is 2.72. The molecular weight excluding hydrogens is 258 g/mol. The Labute approximate surface area is 118 Å². The number of hydrogen-bond donors (Lipinski definition) is 1. The van der Waals surface area contributed by atoms with Crippen molar-refractivity contribution >= 4 is 11.9 Å². The van der Waals surface area contributed by atoms with Gasteiger partial charge in [0.15, 0.2) is 0 Å². The van der Waals surface area contributed by atoms with Crippen molar-refractivity contribution in [3.8, 4) is 0 Å². The minimum Gasteiger partial charge on any atom is -0.469 e. The standard InChI is InChI=1S/C14H21N3O3/c1-9-8-12(17(2)16-9)13(18)15-11-6-4-10(5-7-11)14(19)20-3/h8,10-11H,4-7H2,1-3H3,(H,15,18). The third kappa shape index (κ3) is 3.18. The van der Waals surface area contributed by atoms with Crippen molar-refractivity contribution in [2.45, 2.75) is 38.6 Å². The van der Waals surface area contributed by atoms with Crippen LogP contribution in [0.15, 0.2) is 6.07 Å². The van der Waals surface area contributed by atoms with Crippen molar-refractivity contribution in [2.75, 3.05) is 7.11 Å². The number of aromatic nitrogens is 2. The van der Waals surface area contributed by atoms with Crippen LogP contribution in [0.25, 0.3) is 0 Å². The Balaban J connectivity index is 1.88. The molecule has 0 radical (unpaired) electrons. The molecule has 0 aliphatic heterocycles. The third-order valence-electron chi connectivity index (χ3n) is 3.83. The van der Waals surface area contributed by atoms with Gasteiger partial charge >= 0.3 is 5.97 Å². The van der Waals surface area contributed by atoms with E-state index in [1.54, 1.807) is 17.8 Å². The number of ether oxygens (including phenoxy) is 1. The first-order chi connectivity index (χ1) is 9.51. The topological polar surface area (TPSA) is 73.2 Å². The Bertz CT molecular complexity index is 502. The molecule has 1 aliphatic carbocycles. The number of aryl methyl sites for hydroxylation is 2. The molecule has 1 aliphatic rings. The van der Waals surface area contributed by atoms with Gasteiger partial charge in [0.05, 0.1) is 18.7 Å². The minimum absolute atomic E-state index is 0.0212. The quantitative estimate of drug-likeness (QED) is 0.844. The first kappa shape index (κ1) is 14.6. The van der Waals surface area contributed by atoms with Gasteiger partial charge in [0.1, 0.15) is 5.69 Å². The molecule has 1 aromatic rings. The van der Waals surface area contributed by atoms with E-state index < -0.39 is 0 Å². The highest BCUT2D eigenvalue weighted by molar-refractivity contribution is 5.92. The van der Waals surface area contributed by atoms with E-state index in [0.29, 0.717) is 5.69 Å². The van der Waals surface area contributed by atoms with Crippen LogP contribution in [0.5, 0.6) is 0 Å². The number of carbonyl (C=O) groups excluding carboxylic acids is 2. The Morgan fingerprint density at radius 3 is 2.50 bits per heavy atom. The van der Waals surface area contributed by atoms with Crippen LogP contribution in [0.1, 0.15) is 41.9 Å². The number of carbonyl (C=O) groups is 2. The molecule has 0 atom stereocenters. The van der Waals surface area contributed by atoms with Crippen molar-refractivity contribution in [1.82, 2.24) is 15.1 Å². The highest BCUT2D eigenvalue weighted by Crippen LogP contribution is 2.25. The monoisotopic (exact) mass is 279 g/mol. The molecule has 6 nitrogen and oxygen atoms in total. The molecule has 0 saturated heterocycles. The maximum Gasteiger partial charge on any atom is 0.308 e. The summed E-state index contributed by atoms with van der Waals surface area (Å²) in [4.78, 5) is 23.6. The molecule has 0 spiro atoms. The molecule has 6 heteroatoms. The van der Waals surface area contributed by atoms with Crippen LogP contribution in [0.2, 0.25) is 0 Å². The molecular formula is C14H21N3O3. The average molecular weight is 279 g/mol. The van der Waals surface area contributed by atoms with Crippen molar-refractivity contribution in [3.63, 3.8) is 0 Å². The fraction of sp³-hybridized carbons (Fsp3) is 0.643. The van der Waals surface area contributed by atoms with Gasteiger partial charge in [-0.25, -0.2) is 0 Å². The molecule has 1 heterocycles. The van der Waals surface area contributed by atoms with E-state index in [1.165, 1.54) is 7.11 Å². The Morgan fingerprint density at radius 1 is 1.35 bits per heavy atom. The fourth-order valence-electron chi connectivity index (χ4n) is 2.72. The highest BCUT2D eigenvalue weighted by atomic mass is 16.5. The van der Waals surface area contributed by atoms with Gasteiger partial charge < -0.3 is 10.1 Å². The second-order valence-corrected chi connectivity index (χ2v) is 5.34. The molecule has 1 N–H and O–H groups in total. The summed E-state index contributed by atoms with van der Waals surface area (Å²) in [6.45, 7) is 1.86. The highest BCUT2D eigenvalue weighted by Gasteiger charge is 2.28. The van der Waals surface area contributed by atoms with Crippen LogP contribution in [0, 0.1) is 12.8 Å². The van der Waals surface area contributed by atoms with E-state index in [2.05, 4.69) is 10.4 Å². The van der Waals surface area contributed by atoms with Crippen molar-refractivity contribution in [1.29, 1.82) is 0 Å². The lowest BCUT2D eigenvalue weighted by Gasteiger charge is -2.27. The van der Waals surface area contributed by atoms with Crippen LogP contribution < -0.4 is 5.32 Å². The van der Waals surface area contributed by atoms with E-state index in [4.69, 9.17) is 4.74 Å². The largest absolute Gasteiger partial charge is 0.469 e. The summed E-state index contributed by atoms with van der Waals surface area (Å²) in [6.07, 6.45) is 3.15. The number of rotatable bonds is 3. The van der Waals surface area contributed by atoms with Gasteiger partial charge in [0, 0.05) is 13.1 Å². The number of esters is 1. The lowest BCUT2D eigenvalue weighted by Crippen LogP contribution is -2.39. The van der Waals surface area contributed by atoms with Gasteiger partial charge in [0.25, 0.3) is 5.91 Å². The molecule has 1 saturated carbocycles. The van der Waals surface area contributed by atoms with Crippen LogP contribution in [0.3, 0.4) is 0 Å². The summed E-state index contributed by atoms with van der Waals surface area (Å²) >= 11 is 0. The Kier molecular flexibility index (Phi) is 4.42. The van der Waals surface area contributed by atoms with E-state index in [9.17, 15) is 9.59 Å². The number of nitrogens with zero attached hydrogens (tertiary/aromatic N) is 2. The number of amides is 1. The Morgan fingerprint density at radius 2 is 2.00 bits per heavy atom. The van der Waals surface area contributed by atoms with Crippen molar-refractivity contribution in [2.24, 2.45) is 13.0 Å². The van der Waals surface area contributed by atoms with Gasteiger partial charge in [-0.15, -0.1) is 0 Å². The summed E-state index contributed by atoms with van der Waals surface area (Å²) in [6, 6.07) is 1.90. The van der Waals surface area contributed by atoms with Gasteiger partial charge in [0.2, 0.25) is 0 Å². The zero-order chi connectivity index (χ0) is 14.7. The minimum atomic E-state index is -0.142. The predicted octanol–water partition coefficient (Wildman–Crippen LogP) is 1.19. The molecule has 0 unspecified atom stereocenters. The molecule has 1 aromatic heterocycles. The zero-order valence-corrected chi connectivity index (χ0v) is 12.2. The molecule has 20 heavy (non-hydrogen) atoms. The molecule has 0 aromatic carbocycles. The maximum absolute atomic E-state index is 12.2. The van der Waals surface area contributed by atoms with Crippen LogP contribution in [0.4, 0.5) is 0 Å². The first-order valence-corrected chi connectivity index (χ1v) is 6.90. The molecule has 2 rings (SSSR count). The van der Waals surface area contributed by atoms with Gasteiger partial charge in [-0.05, 0) is 38.7 Å². The second-order valence-electron chi connectivity index (χ2n) is 5.34. The lowest BCUT2D eigenvalue weighted by molar-refractivity contribution is -0.146. The summed E-state index contributed by atoms with van der Waals surface area (Å²) in [5.74, 6) is -0.265. The third-order valence-corrected chi connectivity index (χ3v) is 3.83.